The lowest BCUT2D eigenvalue weighted by Crippen LogP contribution is -2.37. The van der Waals surface area contributed by atoms with E-state index in [0.29, 0.717) is 24.5 Å². The molecule has 1 aromatic heterocycles. The maximum Gasteiger partial charge on any atom is 0.162 e. The number of hydrogen-bond acceptors (Lipinski definition) is 5. The smallest absolute Gasteiger partial charge is 0.162 e. The van der Waals surface area contributed by atoms with Gasteiger partial charge in [0.05, 0.1) is 17.9 Å². The minimum atomic E-state index is 0.0218. The molecule has 0 saturated carbocycles. The van der Waals surface area contributed by atoms with Crippen LogP contribution in [-0.2, 0) is 4.74 Å². The van der Waals surface area contributed by atoms with Crippen LogP contribution >= 0.6 is 0 Å². The van der Waals surface area contributed by atoms with Crippen LogP contribution in [0.4, 0.5) is 5.82 Å². The molecule has 0 aliphatic rings. The fourth-order valence-corrected chi connectivity index (χ4v) is 1.92. The van der Waals surface area contributed by atoms with E-state index in [2.05, 4.69) is 28.9 Å². The molecule has 0 aromatic carbocycles. The molecule has 0 amide bonds. The maximum atomic E-state index is 7.78. The highest BCUT2D eigenvalue weighted by atomic mass is 16.5. The van der Waals surface area contributed by atoms with E-state index in [4.69, 9.17) is 15.9 Å². The summed E-state index contributed by atoms with van der Waals surface area (Å²) in [6.07, 6.45) is 0. The molecule has 3 N–H and O–H groups in total. The highest BCUT2D eigenvalue weighted by molar-refractivity contribution is 6.01. The van der Waals surface area contributed by atoms with Gasteiger partial charge in [-0.1, -0.05) is 0 Å². The summed E-state index contributed by atoms with van der Waals surface area (Å²) in [4.78, 5) is 2.06. The summed E-state index contributed by atoms with van der Waals surface area (Å²) >= 11 is 0. The van der Waals surface area contributed by atoms with Crippen LogP contribution in [-0.4, -0.2) is 42.3 Å². The largest absolute Gasteiger partial charge is 0.384 e. The molecule has 19 heavy (non-hydrogen) atoms. The van der Waals surface area contributed by atoms with Crippen LogP contribution in [0.1, 0.15) is 30.7 Å². The minimum Gasteiger partial charge on any atom is -0.384 e. The fraction of sp³-hybridized carbons (Fsp3) is 0.615. The fourth-order valence-electron chi connectivity index (χ4n) is 1.92. The number of aromatic nitrogens is 2. The Kier molecular flexibility index (Phi) is 5.23. The highest BCUT2D eigenvalue weighted by Gasteiger charge is 2.21. The second kappa shape index (κ2) is 6.47. The third-order valence-corrected chi connectivity index (χ3v) is 3.14. The SMILES string of the molecule is COCCN(c1nnc(C)c(C)c1C(=N)N)C(C)C. The summed E-state index contributed by atoms with van der Waals surface area (Å²) in [6.45, 7) is 9.19. The molecule has 106 valence electrons. The number of nitrogen functional groups attached to an aromatic ring is 1. The Bertz CT molecular complexity index is 459. The Balaban J connectivity index is 3.30. The standard InChI is InChI=1S/C13H23N5O/c1-8(2)18(6-7-19-5)13-11(12(14)15)9(3)10(4)16-17-13/h8H,6-7H2,1-5H3,(H3,14,15). The minimum absolute atomic E-state index is 0.0218. The van der Waals surface area contributed by atoms with E-state index in [9.17, 15) is 0 Å². The average molecular weight is 265 g/mol. The van der Waals surface area contributed by atoms with Crippen LogP contribution in [0.2, 0.25) is 0 Å². The van der Waals surface area contributed by atoms with Gasteiger partial charge in [-0.25, -0.2) is 0 Å². The molecule has 0 radical (unpaired) electrons. The van der Waals surface area contributed by atoms with E-state index < -0.39 is 0 Å². The highest BCUT2D eigenvalue weighted by Crippen LogP contribution is 2.23. The van der Waals surface area contributed by atoms with Gasteiger partial charge < -0.3 is 15.4 Å². The third-order valence-electron chi connectivity index (χ3n) is 3.14. The van der Waals surface area contributed by atoms with Crippen molar-refractivity contribution < 1.29 is 4.74 Å². The number of methoxy groups -OCH3 is 1. The quantitative estimate of drug-likeness (QED) is 0.597. The zero-order valence-electron chi connectivity index (χ0n) is 12.3. The van der Waals surface area contributed by atoms with Gasteiger partial charge in [0.25, 0.3) is 0 Å². The van der Waals surface area contributed by atoms with Crippen molar-refractivity contribution in [2.24, 2.45) is 5.73 Å². The molecule has 1 aromatic rings. The van der Waals surface area contributed by atoms with Crippen molar-refractivity contribution in [2.75, 3.05) is 25.2 Å². The lowest BCUT2D eigenvalue weighted by molar-refractivity contribution is 0.203. The van der Waals surface area contributed by atoms with Crippen LogP contribution in [0.25, 0.3) is 0 Å². The summed E-state index contributed by atoms with van der Waals surface area (Å²) in [7, 11) is 1.66. The number of amidine groups is 1. The molecule has 0 aliphatic carbocycles. The summed E-state index contributed by atoms with van der Waals surface area (Å²) in [5, 5.41) is 16.2. The van der Waals surface area contributed by atoms with E-state index in [1.165, 1.54) is 0 Å². The number of rotatable bonds is 6. The number of nitrogens with zero attached hydrogens (tertiary/aromatic N) is 3. The van der Waals surface area contributed by atoms with Gasteiger partial charge in [0.15, 0.2) is 5.82 Å². The van der Waals surface area contributed by atoms with Crippen LogP contribution in [0.15, 0.2) is 0 Å². The second-order valence-corrected chi connectivity index (χ2v) is 4.80. The van der Waals surface area contributed by atoms with Crippen molar-refractivity contribution >= 4 is 11.7 Å². The summed E-state index contributed by atoms with van der Waals surface area (Å²) in [6, 6.07) is 0.227. The lowest BCUT2D eigenvalue weighted by Gasteiger charge is -2.29. The molecular formula is C13H23N5O. The van der Waals surface area contributed by atoms with Crippen molar-refractivity contribution in [1.82, 2.24) is 10.2 Å². The van der Waals surface area contributed by atoms with Crippen LogP contribution in [0.5, 0.6) is 0 Å². The summed E-state index contributed by atoms with van der Waals surface area (Å²) < 4.78 is 5.12. The summed E-state index contributed by atoms with van der Waals surface area (Å²) in [5.74, 6) is 0.677. The first-order valence-electron chi connectivity index (χ1n) is 6.34. The van der Waals surface area contributed by atoms with Crippen molar-refractivity contribution in [3.05, 3.63) is 16.8 Å². The zero-order chi connectivity index (χ0) is 14.6. The van der Waals surface area contributed by atoms with Gasteiger partial charge in [0.1, 0.15) is 5.84 Å². The summed E-state index contributed by atoms with van der Waals surface area (Å²) in [5.41, 5.74) is 8.07. The number of hydrogen-bond donors (Lipinski definition) is 2. The Morgan fingerprint density at radius 1 is 1.37 bits per heavy atom. The van der Waals surface area contributed by atoms with Crippen LogP contribution < -0.4 is 10.6 Å². The predicted molar refractivity (Wildman–Crippen MR) is 76.9 cm³/mol. The Labute approximate surface area is 114 Å². The molecule has 0 spiro atoms. The van der Waals surface area contributed by atoms with Gasteiger partial charge in [0.2, 0.25) is 0 Å². The van der Waals surface area contributed by atoms with Gasteiger partial charge in [-0.2, -0.15) is 5.10 Å². The molecule has 0 fully saturated rings. The number of ether oxygens (including phenoxy) is 1. The van der Waals surface area contributed by atoms with Gasteiger partial charge >= 0.3 is 0 Å². The van der Waals surface area contributed by atoms with Crippen molar-refractivity contribution in [1.29, 1.82) is 5.41 Å². The number of nitrogens with two attached hydrogens (primary N) is 1. The van der Waals surface area contributed by atoms with E-state index in [1.807, 2.05) is 13.8 Å². The first kappa shape index (κ1) is 15.4. The number of nitrogens with one attached hydrogen (secondary N) is 1. The van der Waals surface area contributed by atoms with E-state index in [-0.39, 0.29) is 11.9 Å². The molecule has 0 bridgehead atoms. The molecular weight excluding hydrogens is 242 g/mol. The van der Waals surface area contributed by atoms with Gasteiger partial charge in [-0.05, 0) is 33.3 Å². The van der Waals surface area contributed by atoms with E-state index in [0.717, 1.165) is 11.3 Å². The Hall–Kier alpha value is -1.69. The lowest BCUT2D eigenvalue weighted by atomic mass is 10.1. The predicted octanol–water partition coefficient (Wildman–Crippen LogP) is 1.24. The molecule has 0 atom stereocenters. The van der Waals surface area contributed by atoms with Gasteiger partial charge in [0, 0.05) is 19.7 Å². The normalized spacial score (nSPS) is 10.8. The van der Waals surface area contributed by atoms with Gasteiger partial charge in [-0.3, -0.25) is 5.41 Å². The third kappa shape index (κ3) is 3.41. The zero-order valence-corrected chi connectivity index (χ0v) is 12.3. The van der Waals surface area contributed by atoms with Crippen LogP contribution in [0.3, 0.4) is 0 Å². The monoisotopic (exact) mass is 265 g/mol. The average Bonchev–Trinajstić information content (AvgIpc) is 2.33. The topological polar surface area (TPSA) is 88.1 Å². The Morgan fingerprint density at radius 2 is 2.00 bits per heavy atom. The molecule has 1 heterocycles. The van der Waals surface area contributed by atoms with Crippen molar-refractivity contribution in [3.8, 4) is 0 Å². The second-order valence-electron chi connectivity index (χ2n) is 4.80. The van der Waals surface area contributed by atoms with Crippen LogP contribution in [0, 0.1) is 19.3 Å². The van der Waals surface area contributed by atoms with Crippen molar-refractivity contribution in [2.45, 2.75) is 33.7 Å². The number of anilines is 1. The van der Waals surface area contributed by atoms with Crippen molar-refractivity contribution in [3.63, 3.8) is 0 Å². The Morgan fingerprint density at radius 3 is 2.47 bits per heavy atom. The van der Waals surface area contributed by atoms with Gasteiger partial charge in [-0.15, -0.1) is 5.10 Å². The molecule has 6 nitrogen and oxygen atoms in total. The first-order chi connectivity index (χ1) is 8.90. The van der Waals surface area contributed by atoms with E-state index >= 15 is 0 Å². The first-order valence-corrected chi connectivity index (χ1v) is 6.34. The molecule has 1 rings (SSSR count). The molecule has 6 heteroatoms. The van der Waals surface area contributed by atoms with E-state index in [1.54, 1.807) is 7.11 Å². The molecule has 0 aliphatic heterocycles. The molecule has 0 saturated heterocycles. The number of aryl methyl sites for hydroxylation is 1. The maximum absolute atomic E-state index is 7.78. The molecule has 0 unspecified atom stereocenters.